The summed E-state index contributed by atoms with van der Waals surface area (Å²) < 4.78 is 4.60. The summed E-state index contributed by atoms with van der Waals surface area (Å²) in [6, 6.07) is 21.0. The molecule has 1 nitrogen and oxygen atoms in total. The first-order valence-electron chi connectivity index (χ1n) is 5.25. The molecule has 1 heterocycles. The van der Waals surface area contributed by atoms with E-state index in [1.165, 1.54) is 11.1 Å². The predicted octanol–water partition coefficient (Wildman–Crippen LogP) is 3.01. The van der Waals surface area contributed by atoms with Gasteiger partial charge in [-0.1, -0.05) is 60.7 Å². The van der Waals surface area contributed by atoms with Crippen LogP contribution in [0.15, 0.2) is 60.7 Å². The second kappa shape index (κ2) is 3.52. The Morgan fingerprint density at radius 1 is 0.600 bits per heavy atom. The summed E-state index contributed by atoms with van der Waals surface area (Å²) in [6.45, 7) is 0. The Hall–Kier alpha value is -1.60. The summed E-state index contributed by atoms with van der Waals surface area (Å²) in [4.78, 5) is 0. The Balaban J connectivity index is 1.81. The van der Waals surface area contributed by atoms with Crippen molar-refractivity contribution in [2.75, 3.05) is 0 Å². The molecular weight excluding hydrogens is 184 g/mol. The topological polar surface area (TPSA) is 12.8 Å². The molecule has 0 spiro atoms. The lowest BCUT2D eigenvalue weighted by Gasteiger charge is -1.90. The Kier molecular flexibility index (Phi) is 2.04. The third-order valence-corrected chi connectivity index (χ3v) is 2.81. The number of hydrogen-bond donors (Lipinski definition) is 0. The van der Waals surface area contributed by atoms with Crippen molar-refractivity contribution >= 4 is 0 Å². The van der Waals surface area contributed by atoms with Gasteiger partial charge in [0, 0.05) is 11.1 Å². The van der Waals surface area contributed by atoms with Crippen molar-refractivity contribution in [1.82, 2.24) is 0 Å². The highest BCUT2D eigenvalue weighted by Crippen LogP contribution is 2.47. The molecule has 1 aliphatic rings. The zero-order chi connectivity index (χ0) is 10.1. The van der Waals surface area contributed by atoms with Crippen molar-refractivity contribution in [1.29, 1.82) is 0 Å². The van der Waals surface area contributed by atoms with E-state index in [9.17, 15) is 0 Å². The molecule has 2 aromatic rings. The molecule has 1 fully saturated rings. The fraction of sp³-hybridized carbons (Fsp3) is 0.143. The molecule has 0 saturated carbocycles. The first-order chi connectivity index (χ1) is 7.45. The molecule has 0 radical (unpaired) electrons. The lowest BCUT2D eigenvalue weighted by molar-refractivity contribution is 0.171. The largest absolute Gasteiger partial charge is 0.410 e. The van der Waals surface area contributed by atoms with Crippen LogP contribution in [-0.4, -0.2) is 4.74 Å². The summed E-state index contributed by atoms with van der Waals surface area (Å²) in [5.74, 6) is 0. The van der Waals surface area contributed by atoms with Crippen molar-refractivity contribution in [3.8, 4) is 0 Å². The van der Waals surface area contributed by atoms with Gasteiger partial charge in [-0.15, -0.1) is 0 Å². The molecule has 74 valence electrons. The van der Waals surface area contributed by atoms with Gasteiger partial charge in [0.2, 0.25) is 0 Å². The van der Waals surface area contributed by atoms with Crippen LogP contribution in [0, 0.1) is 0 Å². The fourth-order valence-corrected chi connectivity index (χ4v) is 1.96. The summed E-state index contributed by atoms with van der Waals surface area (Å²) in [5, 5.41) is 0. The number of benzene rings is 2. The summed E-state index contributed by atoms with van der Waals surface area (Å²) in [5.41, 5.74) is 2.65. The van der Waals surface area contributed by atoms with Crippen molar-refractivity contribution in [3.63, 3.8) is 0 Å². The van der Waals surface area contributed by atoms with Gasteiger partial charge in [-0.2, -0.15) is 0 Å². The summed E-state index contributed by atoms with van der Waals surface area (Å²) >= 11 is 0. The van der Waals surface area contributed by atoms with Gasteiger partial charge in [0.15, 0.2) is 0 Å². The van der Waals surface area contributed by atoms with Gasteiger partial charge >= 0.3 is 0 Å². The number of rotatable bonds is 2. The number of epoxide rings is 1. The van der Waals surface area contributed by atoms with E-state index in [0.717, 1.165) is 0 Å². The Morgan fingerprint density at radius 3 is 1.40 bits per heavy atom. The Labute approximate surface area is 89.3 Å². The zero-order valence-corrected chi connectivity index (χ0v) is 8.38. The molecule has 1 aliphatic heterocycles. The summed E-state index contributed by atoms with van der Waals surface area (Å²) in [6.07, 6.45) is 0.766. The minimum atomic E-state index is 0.383. The standard InChI is InChI=1S/C14H12O/c1-3-7-11(8-4-1)13-14(15-13)12-9-5-2-6-10-12/h1-10,13-14H/p+1/t13-,14+. The monoisotopic (exact) mass is 197 g/mol. The fourth-order valence-electron chi connectivity index (χ4n) is 1.96. The first kappa shape index (κ1) is 8.69. The Bertz CT molecular complexity index is 392. The molecule has 3 rings (SSSR count). The zero-order valence-electron chi connectivity index (χ0n) is 8.38. The molecule has 0 unspecified atom stereocenters. The maximum atomic E-state index is 4.60. The third-order valence-electron chi connectivity index (χ3n) is 2.81. The lowest BCUT2D eigenvalue weighted by Crippen LogP contribution is -1.82. The van der Waals surface area contributed by atoms with Crippen LogP contribution >= 0.6 is 0 Å². The van der Waals surface area contributed by atoms with Gasteiger partial charge in [0.05, 0.1) is 0 Å². The highest BCUT2D eigenvalue weighted by Gasteiger charge is 2.49. The average Bonchev–Trinajstić information content (AvgIpc) is 3.11. The van der Waals surface area contributed by atoms with E-state index >= 15 is 0 Å². The number of hydrogen-bond acceptors (Lipinski definition) is 0. The molecule has 1 saturated heterocycles. The maximum Gasteiger partial charge on any atom is 0.258 e. The first-order valence-corrected chi connectivity index (χ1v) is 5.25. The van der Waals surface area contributed by atoms with Gasteiger partial charge in [0.1, 0.15) is 0 Å². The second-order valence-electron chi connectivity index (χ2n) is 3.86. The van der Waals surface area contributed by atoms with Crippen LogP contribution in [0.5, 0.6) is 0 Å². The summed E-state index contributed by atoms with van der Waals surface area (Å²) in [7, 11) is 0. The second-order valence-corrected chi connectivity index (χ2v) is 3.86. The SMILES string of the molecule is c1ccc([C@H]2[OH+][C@H]2c2ccccc2)cc1. The van der Waals surface area contributed by atoms with Crippen molar-refractivity contribution in [3.05, 3.63) is 71.8 Å². The quantitative estimate of drug-likeness (QED) is 0.518. The number of ether oxygens (including phenoxy) is 1. The van der Waals surface area contributed by atoms with E-state index in [2.05, 4.69) is 53.3 Å². The molecular formula is C14H13O+. The van der Waals surface area contributed by atoms with Crippen molar-refractivity contribution in [2.24, 2.45) is 0 Å². The van der Waals surface area contributed by atoms with Crippen LogP contribution in [-0.2, 0) is 0 Å². The third kappa shape index (κ3) is 1.66. The van der Waals surface area contributed by atoms with Crippen LogP contribution in [0.25, 0.3) is 0 Å². The van der Waals surface area contributed by atoms with E-state index in [1.54, 1.807) is 0 Å². The minimum Gasteiger partial charge on any atom is -0.410 e. The molecule has 0 bridgehead atoms. The molecule has 2 atom stereocenters. The predicted molar refractivity (Wildman–Crippen MR) is 60.6 cm³/mol. The normalized spacial score (nSPS) is 23.7. The molecule has 0 amide bonds. The van der Waals surface area contributed by atoms with Gasteiger partial charge in [-0.05, 0) is 0 Å². The van der Waals surface area contributed by atoms with E-state index in [0.29, 0.717) is 12.2 Å². The van der Waals surface area contributed by atoms with E-state index in [4.69, 9.17) is 0 Å². The smallest absolute Gasteiger partial charge is 0.258 e. The van der Waals surface area contributed by atoms with Crippen LogP contribution in [0.3, 0.4) is 0 Å². The van der Waals surface area contributed by atoms with Crippen molar-refractivity contribution in [2.45, 2.75) is 12.2 Å². The molecule has 0 aromatic heterocycles. The van der Waals surface area contributed by atoms with Crippen LogP contribution in [0.2, 0.25) is 0 Å². The highest BCUT2D eigenvalue weighted by atomic mass is 16.6. The number of aliphatic hydroxyl groups is 2. The molecule has 1 N–H and O–H groups in total. The van der Waals surface area contributed by atoms with E-state index in [-0.39, 0.29) is 0 Å². The lowest BCUT2D eigenvalue weighted by atomic mass is 10.0. The van der Waals surface area contributed by atoms with E-state index in [1.807, 2.05) is 12.1 Å². The van der Waals surface area contributed by atoms with Crippen LogP contribution in [0.1, 0.15) is 23.3 Å². The Morgan fingerprint density at radius 2 is 1.00 bits per heavy atom. The van der Waals surface area contributed by atoms with Gasteiger partial charge in [0.25, 0.3) is 12.2 Å². The molecule has 15 heavy (non-hydrogen) atoms. The van der Waals surface area contributed by atoms with Crippen molar-refractivity contribution < 1.29 is 4.74 Å². The van der Waals surface area contributed by atoms with Gasteiger partial charge in [-0.3, -0.25) is 0 Å². The minimum absolute atomic E-state index is 0.383. The van der Waals surface area contributed by atoms with E-state index < -0.39 is 0 Å². The highest BCUT2D eigenvalue weighted by molar-refractivity contribution is 5.29. The molecule has 0 aliphatic carbocycles. The average molecular weight is 197 g/mol. The molecule has 1 heteroatoms. The van der Waals surface area contributed by atoms with Crippen LogP contribution in [0.4, 0.5) is 0 Å². The maximum absolute atomic E-state index is 4.60. The molecule has 2 aromatic carbocycles. The van der Waals surface area contributed by atoms with Gasteiger partial charge in [-0.25, -0.2) is 0 Å². The van der Waals surface area contributed by atoms with Crippen LogP contribution < -0.4 is 0 Å². The van der Waals surface area contributed by atoms with Gasteiger partial charge < -0.3 is 4.74 Å².